The van der Waals surface area contributed by atoms with E-state index in [-0.39, 0.29) is 29.8 Å². The Morgan fingerprint density at radius 1 is 1.19 bits per heavy atom. The van der Waals surface area contributed by atoms with Crippen molar-refractivity contribution in [1.29, 1.82) is 0 Å². The fourth-order valence-electron chi connectivity index (χ4n) is 6.01. The minimum absolute atomic E-state index is 0.0360. The van der Waals surface area contributed by atoms with Crippen LogP contribution >= 0.6 is 11.3 Å². The number of benzene rings is 1. The van der Waals surface area contributed by atoms with E-state index in [9.17, 15) is 9.18 Å². The van der Waals surface area contributed by atoms with Crippen LogP contribution in [-0.4, -0.2) is 56.0 Å². The summed E-state index contributed by atoms with van der Waals surface area (Å²) in [6.45, 7) is 4.02. The lowest BCUT2D eigenvalue weighted by Crippen LogP contribution is -3.20. The van der Waals surface area contributed by atoms with Crippen LogP contribution in [0.1, 0.15) is 51.6 Å². The molecule has 3 aromatic heterocycles. The summed E-state index contributed by atoms with van der Waals surface area (Å²) in [7, 11) is 0. The summed E-state index contributed by atoms with van der Waals surface area (Å²) in [5, 5.41) is 13.3. The number of pyridine rings is 1. The number of carbonyl (C=O) groups is 1. The molecular weight excluding hydrogens is 487 g/mol. The molecule has 2 bridgehead atoms. The first-order valence-electron chi connectivity index (χ1n) is 12.8. The van der Waals surface area contributed by atoms with Gasteiger partial charge in [0.2, 0.25) is 0 Å². The Kier molecular flexibility index (Phi) is 6.56. The molecule has 4 aromatic rings. The Bertz CT molecular complexity index is 1370. The van der Waals surface area contributed by atoms with Crippen molar-refractivity contribution in [3.63, 3.8) is 0 Å². The van der Waals surface area contributed by atoms with E-state index < -0.39 is 0 Å². The summed E-state index contributed by atoms with van der Waals surface area (Å²) in [5.74, 6) is -0.214. The van der Waals surface area contributed by atoms with Crippen molar-refractivity contribution in [2.45, 2.75) is 50.9 Å². The second kappa shape index (κ2) is 10.1. The maximum atomic E-state index is 14.4. The van der Waals surface area contributed by atoms with Crippen molar-refractivity contribution in [3.8, 4) is 0 Å². The molecule has 9 heteroatoms. The van der Waals surface area contributed by atoms with E-state index >= 15 is 0 Å². The number of amides is 1. The molecule has 1 N–H and O–H groups in total. The summed E-state index contributed by atoms with van der Waals surface area (Å²) >= 11 is 1.70. The molecule has 7 nitrogen and oxygen atoms in total. The van der Waals surface area contributed by atoms with Gasteiger partial charge in [-0.05, 0) is 59.5 Å². The third-order valence-corrected chi connectivity index (χ3v) is 8.41. The molecule has 1 aromatic carbocycles. The highest BCUT2D eigenvalue weighted by Crippen LogP contribution is 2.26. The number of aryl methyl sites for hydroxylation is 3. The first kappa shape index (κ1) is 23.9. The van der Waals surface area contributed by atoms with Crippen LogP contribution < -0.4 is 4.90 Å². The minimum atomic E-state index is -0.250. The second-order valence-electron chi connectivity index (χ2n) is 10.2. The first-order chi connectivity index (χ1) is 18.0. The van der Waals surface area contributed by atoms with Gasteiger partial charge in [-0.1, -0.05) is 17.3 Å². The zero-order valence-electron chi connectivity index (χ0n) is 20.8. The van der Waals surface area contributed by atoms with Crippen molar-refractivity contribution in [2.24, 2.45) is 0 Å². The van der Waals surface area contributed by atoms with Crippen LogP contribution in [0, 0.1) is 12.7 Å². The molecule has 2 aliphatic rings. The van der Waals surface area contributed by atoms with Crippen LogP contribution in [0.3, 0.4) is 0 Å². The fourth-order valence-corrected chi connectivity index (χ4v) is 6.72. The Hall–Kier alpha value is -3.43. The SMILES string of the molecule is Cc1cncc(C(=O)N2C[C@H]3CC[C@@H](C2)[NH+]3[C@H](c2cccc(F)c2)c2cn(CCc3ccsc3)nn2)c1. The number of nitrogens with one attached hydrogen (secondary N) is 1. The first-order valence-corrected chi connectivity index (χ1v) is 13.7. The number of halogens is 1. The Morgan fingerprint density at radius 3 is 2.76 bits per heavy atom. The van der Waals surface area contributed by atoms with E-state index in [0.717, 1.165) is 42.6 Å². The molecule has 6 rings (SSSR count). The number of rotatable bonds is 7. The third kappa shape index (κ3) is 4.93. The molecule has 2 aliphatic heterocycles. The quantitative estimate of drug-likeness (QED) is 0.409. The summed E-state index contributed by atoms with van der Waals surface area (Å²) in [4.78, 5) is 20.9. The number of fused-ring (bicyclic) bond motifs is 2. The van der Waals surface area contributed by atoms with Crippen molar-refractivity contribution >= 4 is 17.2 Å². The fraction of sp³-hybridized carbons (Fsp3) is 0.357. The zero-order valence-corrected chi connectivity index (χ0v) is 21.6. The number of likely N-dealkylation sites (tertiary alicyclic amines) is 1. The predicted octanol–water partition coefficient (Wildman–Crippen LogP) is 3.09. The van der Waals surface area contributed by atoms with Gasteiger partial charge in [0.05, 0.1) is 24.8 Å². The van der Waals surface area contributed by atoms with E-state index in [0.29, 0.717) is 18.7 Å². The number of quaternary nitrogens is 1. The molecular formula is C28H30FN6OS+. The van der Waals surface area contributed by atoms with E-state index in [1.165, 1.54) is 16.5 Å². The molecule has 0 aliphatic carbocycles. The third-order valence-electron chi connectivity index (χ3n) is 7.67. The summed E-state index contributed by atoms with van der Waals surface area (Å²) < 4.78 is 16.3. The largest absolute Gasteiger partial charge is 0.327 e. The molecule has 1 unspecified atom stereocenters. The summed E-state index contributed by atoms with van der Waals surface area (Å²) in [6.07, 6.45) is 8.37. The lowest BCUT2D eigenvalue weighted by Gasteiger charge is -2.41. The number of thiophene rings is 1. The zero-order chi connectivity index (χ0) is 25.4. The van der Waals surface area contributed by atoms with Crippen LogP contribution in [0.4, 0.5) is 4.39 Å². The Labute approximate surface area is 219 Å². The topological polar surface area (TPSA) is 68.3 Å². The number of hydrogen-bond acceptors (Lipinski definition) is 5. The second-order valence-corrected chi connectivity index (χ2v) is 11.0. The van der Waals surface area contributed by atoms with Crippen LogP contribution in [0.25, 0.3) is 0 Å². The Balaban J connectivity index is 1.27. The van der Waals surface area contributed by atoms with Gasteiger partial charge in [-0.15, -0.1) is 5.10 Å². The molecule has 37 heavy (non-hydrogen) atoms. The summed E-state index contributed by atoms with van der Waals surface area (Å²) in [5.41, 5.74) is 4.66. The van der Waals surface area contributed by atoms with E-state index in [1.807, 2.05) is 34.8 Å². The molecule has 0 saturated carbocycles. The number of aromatic nitrogens is 4. The Morgan fingerprint density at radius 2 is 2.03 bits per heavy atom. The van der Waals surface area contributed by atoms with Gasteiger partial charge in [0, 0.05) is 37.3 Å². The number of hydrogen-bond donors (Lipinski definition) is 1. The van der Waals surface area contributed by atoms with Crippen molar-refractivity contribution in [2.75, 3.05) is 13.1 Å². The molecule has 0 spiro atoms. The van der Waals surface area contributed by atoms with Crippen LogP contribution in [0.15, 0.2) is 65.7 Å². The average Bonchev–Trinajstić information content (AvgIpc) is 3.63. The van der Waals surface area contributed by atoms with Crippen LogP contribution in [-0.2, 0) is 13.0 Å². The van der Waals surface area contributed by atoms with Gasteiger partial charge in [0.1, 0.15) is 23.6 Å². The number of carbonyl (C=O) groups excluding carboxylic acids is 1. The molecule has 2 saturated heterocycles. The van der Waals surface area contributed by atoms with Gasteiger partial charge in [-0.25, -0.2) is 4.39 Å². The van der Waals surface area contributed by atoms with Gasteiger partial charge in [-0.2, -0.15) is 11.3 Å². The van der Waals surface area contributed by atoms with E-state index in [1.54, 1.807) is 35.9 Å². The molecule has 1 amide bonds. The number of piperazine rings is 1. The predicted molar refractivity (Wildman–Crippen MR) is 139 cm³/mol. The smallest absolute Gasteiger partial charge is 0.255 e. The normalized spacial score (nSPS) is 21.8. The molecule has 2 fully saturated rings. The van der Waals surface area contributed by atoms with Gasteiger partial charge in [0.25, 0.3) is 5.91 Å². The lowest BCUT2D eigenvalue weighted by molar-refractivity contribution is -0.964. The standard InChI is InChI=1S/C28H29FN6OS/c1-19-11-22(14-30-13-19)28(36)33-15-24-5-6-25(16-33)35(24)27(21-3-2-4-23(29)12-21)26-17-34(32-31-26)9-7-20-8-10-37-18-20/h2-4,8,10-14,17-18,24-25,27H,5-7,9,15-16H2,1H3/p+1/t24-,25+,27-/m1/s1. The minimum Gasteiger partial charge on any atom is -0.327 e. The highest BCUT2D eigenvalue weighted by molar-refractivity contribution is 7.07. The summed E-state index contributed by atoms with van der Waals surface area (Å²) in [6, 6.07) is 11.2. The van der Waals surface area contributed by atoms with Gasteiger partial charge in [-0.3, -0.25) is 14.5 Å². The van der Waals surface area contributed by atoms with E-state index in [2.05, 4.69) is 32.1 Å². The highest BCUT2D eigenvalue weighted by Gasteiger charge is 2.50. The van der Waals surface area contributed by atoms with Crippen LogP contribution in [0.5, 0.6) is 0 Å². The maximum Gasteiger partial charge on any atom is 0.255 e. The lowest BCUT2D eigenvalue weighted by atomic mass is 9.98. The van der Waals surface area contributed by atoms with Crippen LogP contribution in [0.2, 0.25) is 0 Å². The van der Waals surface area contributed by atoms with Gasteiger partial charge >= 0.3 is 0 Å². The molecule has 0 radical (unpaired) electrons. The van der Waals surface area contributed by atoms with Crippen molar-refractivity contribution in [3.05, 3.63) is 99.5 Å². The highest BCUT2D eigenvalue weighted by atomic mass is 32.1. The molecule has 5 heterocycles. The van der Waals surface area contributed by atoms with E-state index in [4.69, 9.17) is 0 Å². The number of nitrogens with zero attached hydrogens (tertiary/aromatic N) is 5. The molecule has 190 valence electrons. The maximum absolute atomic E-state index is 14.4. The van der Waals surface area contributed by atoms with Gasteiger partial charge < -0.3 is 9.80 Å². The van der Waals surface area contributed by atoms with Gasteiger partial charge in [0.15, 0.2) is 6.04 Å². The average molecular weight is 518 g/mol. The monoisotopic (exact) mass is 517 g/mol. The van der Waals surface area contributed by atoms with Crippen molar-refractivity contribution < 1.29 is 14.1 Å². The van der Waals surface area contributed by atoms with Crippen molar-refractivity contribution in [1.82, 2.24) is 24.9 Å². The molecule has 4 atom stereocenters.